The third-order valence-corrected chi connectivity index (χ3v) is 3.26. The lowest BCUT2D eigenvalue weighted by molar-refractivity contribution is -0.161. The minimum Gasteiger partial charge on any atom is -0.458 e. The van der Waals surface area contributed by atoms with Gasteiger partial charge >= 0.3 is 5.97 Å². The van der Waals surface area contributed by atoms with E-state index in [0.717, 1.165) is 32.4 Å². The maximum atomic E-state index is 11.2. The number of rotatable bonds is 3. The molecule has 1 rings (SSSR count). The van der Waals surface area contributed by atoms with E-state index in [9.17, 15) is 4.79 Å². The van der Waals surface area contributed by atoms with Gasteiger partial charge in [0.15, 0.2) is 0 Å². The van der Waals surface area contributed by atoms with Crippen LogP contribution in [0.5, 0.6) is 0 Å². The predicted molar refractivity (Wildman–Crippen MR) is 59.7 cm³/mol. The summed E-state index contributed by atoms with van der Waals surface area (Å²) in [6.45, 7) is 4.10. The standard InChI is InChI=1S/C10H19NO2S/c1-3-10(13-9(12)8-14)4-6-11(2)7-5-10/h14H,3-8H2,1-2H3. The third-order valence-electron chi connectivity index (χ3n) is 3.00. The van der Waals surface area contributed by atoms with Crippen LogP contribution < -0.4 is 0 Å². The van der Waals surface area contributed by atoms with E-state index in [4.69, 9.17) is 4.74 Å². The van der Waals surface area contributed by atoms with Crippen LogP contribution in [0, 0.1) is 0 Å². The highest BCUT2D eigenvalue weighted by molar-refractivity contribution is 7.81. The summed E-state index contributed by atoms with van der Waals surface area (Å²) in [7, 11) is 2.10. The Bertz CT molecular complexity index is 200. The van der Waals surface area contributed by atoms with Gasteiger partial charge < -0.3 is 9.64 Å². The van der Waals surface area contributed by atoms with Gasteiger partial charge in [0.25, 0.3) is 0 Å². The molecule has 3 nitrogen and oxygen atoms in total. The predicted octanol–water partition coefficient (Wildman–Crippen LogP) is 1.33. The van der Waals surface area contributed by atoms with E-state index in [-0.39, 0.29) is 17.3 Å². The molecule has 0 aromatic carbocycles. The van der Waals surface area contributed by atoms with Gasteiger partial charge in [-0.2, -0.15) is 12.6 Å². The minimum atomic E-state index is -0.216. The van der Waals surface area contributed by atoms with E-state index in [0.29, 0.717) is 0 Å². The highest BCUT2D eigenvalue weighted by Crippen LogP contribution is 2.29. The number of ether oxygens (including phenoxy) is 1. The molecule has 0 N–H and O–H groups in total. The third kappa shape index (κ3) is 2.89. The molecule has 0 aliphatic carbocycles. The molecule has 0 aromatic heterocycles. The van der Waals surface area contributed by atoms with Crippen LogP contribution in [0.15, 0.2) is 0 Å². The zero-order valence-corrected chi connectivity index (χ0v) is 9.85. The lowest BCUT2D eigenvalue weighted by atomic mass is 9.89. The second-order valence-corrected chi connectivity index (χ2v) is 4.29. The molecule has 0 atom stereocenters. The van der Waals surface area contributed by atoms with Crippen LogP contribution in [-0.2, 0) is 9.53 Å². The Morgan fingerprint density at radius 3 is 2.50 bits per heavy atom. The van der Waals surface area contributed by atoms with Crippen molar-refractivity contribution in [2.75, 3.05) is 25.9 Å². The van der Waals surface area contributed by atoms with E-state index in [1.165, 1.54) is 0 Å². The van der Waals surface area contributed by atoms with Gasteiger partial charge in [0.05, 0.1) is 5.75 Å². The molecule has 1 aliphatic rings. The molecule has 0 spiro atoms. The second-order valence-electron chi connectivity index (χ2n) is 3.97. The number of hydrogen-bond donors (Lipinski definition) is 1. The zero-order valence-electron chi connectivity index (χ0n) is 8.95. The Morgan fingerprint density at radius 2 is 2.07 bits per heavy atom. The van der Waals surface area contributed by atoms with E-state index in [1.54, 1.807) is 0 Å². The van der Waals surface area contributed by atoms with Gasteiger partial charge in [-0.25, -0.2) is 0 Å². The fraction of sp³-hybridized carbons (Fsp3) is 0.900. The van der Waals surface area contributed by atoms with Crippen molar-refractivity contribution in [3.05, 3.63) is 0 Å². The molecule has 14 heavy (non-hydrogen) atoms. The monoisotopic (exact) mass is 217 g/mol. The van der Waals surface area contributed by atoms with Crippen molar-refractivity contribution in [3.63, 3.8) is 0 Å². The fourth-order valence-corrected chi connectivity index (χ4v) is 1.89. The van der Waals surface area contributed by atoms with Crippen LogP contribution in [-0.4, -0.2) is 42.4 Å². The molecule has 1 heterocycles. The first-order chi connectivity index (χ1) is 6.62. The Labute approximate surface area is 91.2 Å². The lowest BCUT2D eigenvalue weighted by Gasteiger charge is -2.39. The van der Waals surface area contributed by atoms with Gasteiger partial charge in [-0.15, -0.1) is 0 Å². The number of thiol groups is 1. The van der Waals surface area contributed by atoms with Crippen molar-refractivity contribution in [2.45, 2.75) is 31.8 Å². The Kier molecular flexibility index (Phi) is 4.26. The smallest absolute Gasteiger partial charge is 0.316 e. The Morgan fingerprint density at radius 1 is 1.50 bits per heavy atom. The number of likely N-dealkylation sites (tertiary alicyclic amines) is 1. The topological polar surface area (TPSA) is 29.5 Å². The number of carbonyl (C=O) groups is 1. The molecule has 4 heteroatoms. The molecule has 0 bridgehead atoms. The molecular weight excluding hydrogens is 198 g/mol. The first kappa shape index (κ1) is 11.9. The van der Waals surface area contributed by atoms with Crippen molar-refractivity contribution in [2.24, 2.45) is 0 Å². The molecule has 1 fully saturated rings. The SMILES string of the molecule is CCC1(OC(=O)CS)CCN(C)CC1. The maximum Gasteiger partial charge on any atom is 0.316 e. The molecule has 1 aliphatic heterocycles. The van der Waals surface area contributed by atoms with Crippen LogP contribution in [0.2, 0.25) is 0 Å². The molecule has 1 saturated heterocycles. The van der Waals surface area contributed by atoms with Gasteiger partial charge in [-0.05, 0) is 26.3 Å². The number of nitrogens with zero attached hydrogens (tertiary/aromatic N) is 1. The van der Waals surface area contributed by atoms with Crippen LogP contribution in [0.4, 0.5) is 0 Å². The highest BCUT2D eigenvalue weighted by Gasteiger charge is 2.35. The van der Waals surface area contributed by atoms with Gasteiger partial charge in [0, 0.05) is 13.1 Å². The summed E-state index contributed by atoms with van der Waals surface area (Å²) in [6.07, 6.45) is 2.79. The molecular formula is C10H19NO2S. The summed E-state index contributed by atoms with van der Waals surface area (Å²) < 4.78 is 5.48. The highest BCUT2D eigenvalue weighted by atomic mass is 32.1. The van der Waals surface area contributed by atoms with Gasteiger partial charge in [-0.3, -0.25) is 4.79 Å². The average Bonchev–Trinajstić information content (AvgIpc) is 2.22. The van der Waals surface area contributed by atoms with Crippen molar-refractivity contribution in [1.29, 1.82) is 0 Å². The Balaban J connectivity index is 2.54. The largest absolute Gasteiger partial charge is 0.458 e. The van der Waals surface area contributed by atoms with Crippen LogP contribution >= 0.6 is 12.6 Å². The summed E-state index contributed by atoms with van der Waals surface area (Å²) in [5.41, 5.74) is -0.216. The fourth-order valence-electron chi connectivity index (χ4n) is 1.83. The number of piperidine rings is 1. The molecule has 0 saturated carbocycles. The summed E-state index contributed by atoms with van der Waals surface area (Å²) in [5.74, 6) is -0.0165. The Hall–Kier alpha value is -0.220. The van der Waals surface area contributed by atoms with Crippen LogP contribution in [0.3, 0.4) is 0 Å². The van der Waals surface area contributed by atoms with E-state index in [1.807, 2.05) is 0 Å². The van der Waals surface area contributed by atoms with E-state index >= 15 is 0 Å². The maximum absolute atomic E-state index is 11.2. The summed E-state index contributed by atoms with van der Waals surface area (Å²) in [4.78, 5) is 13.5. The lowest BCUT2D eigenvalue weighted by Crippen LogP contribution is -2.45. The van der Waals surface area contributed by atoms with Gasteiger partial charge in [-0.1, -0.05) is 6.92 Å². The number of hydrogen-bond acceptors (Lipinski definition) is 4. The van der Waals surface area contributed by atoms with Crippen molar-refractivity contribution in [3.8, 4) is 0 Å². The second kappa shape index (κ2) is 5.03. The van der Waals surface area contributed by atoms with Crippen molar-refractivity contribution in [1.82, 2.24) is 4.90 Å². The van der Waals surface area contributed by atoms with E-state index < -0.39 is 0 Å². The average molecular weight is 217 g/mol. The zero-order chi connectivity index (χ0) is 10.6. The molecule has 0 radical (unpaired) electrons. The van der Waals surface area contributed by atoms with Crippen molar-refractivity contribution < 1.29 is 9.53 Å². The number of esters is 1. The molecule has 0 unspecified atom stereocenters. The van der Waals surface area contributed by atoms with Gasteiger partial charge in [0.2, 0.25) is 0 Å². The first-order valence-corrected chi connectivity index (χ1v) is 5.76. The summed E-state index contributed by atoms with van der Waals surface area (Å²) in [5, 5.41) is 0. The van der Waals surface area contributed by atoms with Crippen molar-refractivity contribution >= 4 is 18.6 Å². The molecule has 0 amide bonds. The summed E-state index contributed by atoms with van der Waals surface area (Å²) >= 11 is 3.92. The van der Waals surface area contributed by atoms with Crippen LogP contribution in [0.1, 0.15) is 26.2 Å². The normalized spacial score (nSPS) is 21.9. The first-order valence-electron chi connectivity index (χ1n) is 5.13. The van der Waals surface area contributed by atoms with Gasteiger partial charge in [0.1, 0.15) is 5.60 Å². The van der Waals surface area contributed by atoms with E-state index in [2.05, 4.69) is 31.5 Å². The quantitative estimate of drug-likeness (QED) is 0.571. The molecule has 82 valence electrons. The van der Waals surface area contributed by atoms with Crippen LogP contribution in [0.25, 0.3) is 0 Å². The molecule has 0 aromatic rings. The minimum absolute atomic E-state index is 0.178. The summed E-state index contributed by atoms with van der Waals surface area (Å²) in [6, 6.07) is 0. The number of carbonyl (C=O) groups excluding carboxylic acids is 1.